The topological polar surface area (TPSA) is 46.5 Å². The number of hydrogen-bond donors (Lipinski definition) is 1. The van der Waals surface area contributed by atoms with Crippen molar-refractivity contribution in [3.63, 3.8) is 0 Å². The summed E-state index contributed by atoms with van der Waals surface area (Å²) in [6.45, 7) is 5.61. The molecule has 0 aliphatic carbocycles. The highest BCUT2D eigenvalue weighted by Crippen LogP contribution is 2.14. The van der Waals surface area contributed by atoms with E-state index in [4.69, 9.17) is 0 Å². The summed E-state index contributed by atoms with van der Waals surface area (Å²) in [5.41, 5.74) is 0. The van der Waals surface area contributed by atoms with Gasteiger partial charge in [-0.05, 0) is 19.3 Å². The van der Waals surface area contributed by atoms with E-state index in [1.807, 2.05) is 0 Å². The molecule has 0 amide bonds. The number of aliphatic hydroxyl groups is 1. The average Bonchev–Trinajstić information content (AvgIpc) is 2.53. The summed E-state index contributed by atoms with van der Waals surface area (Å²) < 4.78 is 4.67. The summed E-state index contributed by atoms with van der Waals surface area (Å²) in [6, 6.07) is 0. The molecule has 0 aliphatic heterocycles. The number of esters is 1. The summed E-state index contributed by atoms with van der Waals surface area (Å²) in [4.78, 5) is 11.1. The number of rotatable bonds is 17. The highest BCUT2D eigenvalue weighted by atomic mass is 16.5. The summed E-state index contributed by atoms with van der Waals surface area (Å²) >= 11 is 0. The van der Waals surface area contributed by atoms with E-state index in [2.05, 4.69) is 18.2 Å². The van der Waals surface area contributed by atoms with Gasteiger partial charge in [0.1, 0.15) is 0 Å². The van der Waals surface area contributed by atoms with Crippen molar-refractivity contribution in [2.45, 2.75) is 109 Å². The predicted molar refractivity (Wildman–Crippen MR) is 97.2 cm³/mol. The predicted octanol–water partition coefficient (Wildman–Crippen LogP) is 5.91. The zero-order valence-electron chi connectivity index (χ0n) is 15.2. The van der Waals surface area contributed by atoms with Gasteiger partial charge in [-0.15, -0.1) is 0 Å². The van der Waals surface area contributed by atoms with Gasteiger partial charge in [0.25, 0.3) is 0 Å². The molecule has 0 saturated carbocycles. The Balaban J connectivity index is 3.22. The van der Waals surface area contributed by atoms with Gasteiger partial charge in [0.15, 0.2) is 0 Å². The van der Waals surface area contributed by atoms with E-state index in [9.17, 15) is 9.90 Å². The molecule has 0 saturated heterocycles. The molecule has 0 heterocycles. The van der Waals surface area contributed by atoms with Gasteiger partial charge < -0.3 is 9.84 Å². The van der Waals surface area contributed by atoms with Gasteiger partial charge in [-0.1, -0.05) is 84.1 Å². The van der Waals surface area contributed by atoms with Gasteiger partial charge in [0.2, 0.25) is 0 Å². The summed E-state index contributed by atoms with van der Waals surface area (Å²) in [5, 5.41) is 9.95. The second kappa shape index (κ2) is 17.5. The number of ether oxygens (including phenoxy) is 1. The molecule has 0 rings (SSSR count). The van der Waals surface area contributed by atoms with Crippen molar-refractivity contribution in [2.75, 3.05) is 0 Å². The van der Waals surface area contributed by atoms with Crippen molar-refractivity contribution in [3.05, 3.63) is 12.8 Å². The molecular formula is C20H38O3. The molecule has 3 nitrogen and oxygen atoms in total. The Kier molecular flexibility index (Phi) is 16.9. The van der Waals surface area contributed by atoms with Crippen LogP contribution < -0.4 is 0 Å². The Hall–Kier alpha value is -0.830. The van der Waals surface area contributed by atoms with Crippen LogP contribution in [-0.2, 0) is 9.53 Å². The van der Waals surface area contributed by atoms with Crippen LogP contribution in [0.5, 0.6) is 0 Å². The number of carbonyl (C=O) groups excluding carboxylic acids is 1. The van der Waals surface area contributed by atoms with Crippen LogP contribution >= 0.6 is 0 Å². The lowest BCUT2D eigenvalue weighted by molar-refractivity contribution is -0.138. The molecule has 0 bridgehead atoms. The fraction of sp³-hybridized carbons (Fsp3) is 0.850. The average molecular weight is 327 g/mol. The molecule has 0 aromatic carbocycles. The van der Waals surface area contributed by atoms with Crippen LogP contribution in [0, 0.1) is 0 Å². The third-order valence-corrected chi connectivity index (χ3v) is 4.27. The van der Waals surface area contributed by atoms with Crippen molar-refractivity contribution in [3.8, 4) is 0 Å². The van der Waals surface area contributed by atoms with Crippen molar-refractivity contribution in [2.24, 2.45) is 0 Å². The molecule has 0 aliphatic rings. The monoisotopic (exact) mass is 326 g/mol. The lowest BCUT2D eigenvalue weighted by Crippen LogP contribution is -2.06. The van der Waals surface area contributed by atoms with Crippen molar-refractivity contribution >= 4 is 5.97 Å². The van der Waals surface area contributed by atoms with E-state index in [-0.39, 0.29) is 12.1 Å². The molecule has 0 spiro atoms. The highest BCUT2D eigenvalue weighted by molar-refractivity contribution is 5.69. The van der Waals surface area contributed by atoms with Crippen LogP contribution in [0.1, 0.15) is 103 Å². The molecule has 0 aromatic heterocycles. The van der Waals surface area contributed by atoms with Gasteiger partial charge in [-0.2, -0.15) is 0 Å². The fourth-order valence-corrected chi connectivity index (χ4v) is 2.81. The summed E-state index contributed by atoms with van der Waals surface area (Å²) in [7, 11) is 0. The normalized spacial score (nSPS) is 12.1. The Morgan fingerprint density at radius 1 is 0.913 bits per heavy atom. The number of unbranched alkanes of at least 4 members (excludes halogenated alkanes) is 10. The summed E-state index contributed by atoms with van der Waals surface area (Å²) in [6.07, 6.45) is 17.9. The molecule has 3 heteroatoms. The Morgan fingerprint density at radius 2 is 1.39 bits per heavy atom. The van der Waals surface area contributed by atoms with Crippen molar-refractivity contribution in [1.29, 1.82) is 0 Å². The van der Waals surface area contributed by atoms with Gasteiger partial charge in [0.05, 0.1) is 12.4 Å². The van der Waals surface area contributed by atoms with Crippen LogP contribution in [0.3, 0.4) is 0 Å². The lowest BCUT2D eigenvalue weighted by Gasteiger charge is -2.10. The van der Waals surface area contributed by atoms with Crippen molar-refractivity contribution in [1.82, 2.24) is 0 Å². The first-order chi connectivity index (χ1) is 11.2. The third-order valence-electron chi connectivity index (χ3n) is 4.27. The number of aliphatic hydroxyl groups excluding tert-OH is 1. The van der Waals surface area contributed by atoms with Crippen LogP contribution in [0.2, 0.25) is 0 Å². The SMILES string of the molecule is C=COC(=O)CCCCCCCC(O)CCCCCCCCC. The Morgan fingerprint density at radius 3 is 1.91 bits per heavy atom. The molecule has 0 fully saturated rings. The minimum Gasteiger partial charge on any atom is -0.435 e. The minimum atomic E-state index is -0.190. The van der Waals surface area contributed by atoms with Crippen LogP contribution in [-0.4, -0.2) is 17.2 Å². The van der Waals surface area contributed by atoms with E-state index in [0.29, 0.717) is 6.42 Å². The van der Waals surface area contributed by atoms with E-state index in [0.717, 1.165) is 44.9 Å². The van der Waals surface area contributed by atoms with E-state index in [1.54, 1.807) is 0 Å². The molecular weight excluding hydrogens is 288 g/mol. The maximum Gasteiger partial charge on any atom is 0.310 e. The van der Waals surface area contributed by atoms with E-state index >= 15 is 0 Å². The second-order valence-electron chi connectivity index (χ2n) is 6.53. The number of hydrogen-bond acceptors (Lipinski definition) is 3. The number of carbonyl (C=O) groups is 1. The maximum absolute atomic E-state index is 11.1. The maximum atomic E-state index is 11.1. The largest absolute Gasteiger partial charge is 0.435 e. The van der Waals surface area contributed by atoms with Gasteiger partial charge in [-0.3, -0.25) is 4.79 Å². The molecule has 136 valence electrons. The zero-order chi connectivity index (χ0) is 17.2. The quantitative estimate of drug-likeness (QED) is 0.205. The van der Waals surface area contributed by atoms with Gasteiger partial charge in [-0.25, -0.2) is 0 Å². The molecule has 1 N–H and O–H groups in total. The van der Waals surface area contributed by atoms with Crippen LogP contribution in [0.15, 0.2) is 12.8 Å². The van der Waals surface area contributed by atoms with Gasteiger partial charge in [0, 0.05) is 6.42 Å². The third kappa shape index (κ3) is 17.4. The highest BCUT2D eigenvalue weighted by Gasteiger charge is 2.04. The van der Waals surface area contributed by atoms with E-state index < -0.39 is 0 Å². The Bertz CT molecular complexity index is 276. The molecule has 23 heavy (non-hydrogen) atoms. The Labute approximate surface area is 143 Å². The molecule has 0 radical (unpaired) electrons. The minimum absolute atomic E-state index is 0.117. The first kappa shape index (κ1) is 22.2. The second-order valence-corrected chi connectivity index (χ2v) is 6.53. The molecule has 0 aromatic rings. The molecule has 1 unspecified atom stereocenters. The smallest absolute Gasteiger partial charge is 0.310 e. The van der Waals surface area contributed by atoms with Crippen LogP contribution in [0.4, 0.5) is 0 Å². The molecule has 1 atom stereocenters. The van der Waals surface area contributed by atoms with Crippen LogP contribution in [0.25, 0.3) is 0 Å². The zero-order valence-corrected chi connectivity index (χ0v) is 15.2. The lowest BCUT2D eigenvalue weighted by atomic mass is 10.0. The van der Waals surface area contributed by atoms with Gasteiger partial charge >= 0.3 is 5.97 Å². The fourth-order valence-electron chi connectivity index (χ4n) is 2.81. The first-order valence-electron chi connectivity index (χ1n) is 9.69. The first-order valence-corrected chi connectivity index (χ1v) is 9.69. The summed E-state index contributed by atoms with van der Waals surface area (Å²) in [5.74, 6) is -0.190. The standard InChI is InChI=1S/C20H38O3/c1-3-5-6-7-8-10-13-16-19(21)17-14-11-9-12-15-18-20(22)23-4-2/h4,19,21H,2-3,5-18H2,1H3. The van der Waals surface area contributed by atoms with Crippen molar-refractivity contribution < 1.29 is 14.6 Å². The van der Waals surface area contributed by atoms with E-state index in [1.165, 1.54) is 51.2 Å².